The van der Waals surface area contributed by atoms with E-state index >= 15 is 0 Å². The normalized spacial score (nSPS) is 50.9. The van der Waals surface area contributed by atoms with Crippen LogP contribution in [0.4, 0.5) is 0 Å². The number of fused-ring (bicyclic) bond motifs is 5. The number of nitrogens with zero attached hydrogens (tertiary/aromatic N) is 1. The standard InChI is InChI=1S/C26H42N2O2/c1-16-6-5-7-17(2)28(16)24(30)21-10-9-19-18-8-11-22-26(4,15-13-23(29)27-22)20(18)12-14-25(19,21)3/h16-22H,5-15H2,1-4H3,(H,27,29)/t16?,17?,18-,19-,20+,21?,22?,25-,26+/m0/s1. The number of carbonyl (C=O) groups excluding carboxylic acids is 2. The lowest BCUT2D eigenvalue weighted by Crippen LogP contribution is -2.61. The van der Waals surface area contributed by atoms with Crippen LogP contribution in [0.5, 0.6) is 0 Å². The number of amides is 2. The average Bonchev–Trinajstić information content (AvgIpc) is 3.05. The van der Waals surface area contributed by atoms with E-state index in [0.717, 1.165) is 31.1 Å². The smallest absolute Gasteiger partial charge is 0.226 e. The van der Waals surface area contributed by atoms with Gasteiger partial charge in [-0.2, -0.15) is 0 Å². The van der Waals surface area contributed by atoms with Crippen molar-refractivity contribution in [2.24, 2.45) is 34.5 Å². The van der Waals surface area contributed by atoms with Crippen molar-refractivity contribution in [2.45, 2.75) is 116 Å². The van der Waals surface area contributed by atoms with E-state index in [0.29, 0.717) is 36.4 Å². The van der Waals surface area contributed by atoms with Crippen LogP contribution >= 0.6 is 0 Å². The fourth-order valence-electron chi connectivity index (χ4n) is 9.14. The van der Waals surface area contributed by atoms with Gasteiger partial charge < -0.3 is 10.2 Å². The summed E-state index contributed by atoms with van der Waals surface area (Å²) in [4.78, 5) is 28.1. The van der Waals surface area contributed by atoms with Crippen LogP contribution in [0.2, 0.25) is 0 Å². The Morgan fingerprint density at radius 2 is 1.60 bits per heavy atom. The molecule has 30 heavy (non-hydrogen) atoms. The van der Waals surface area contributed by atoms with Crippen molar-refractivity contribution >= 4 is 11.8 Å². The molecular weight excluding hydrogens is 372 g/mol. The lowest BCUT2D eigenvalue weighted by Gasteiger charge is -2.60. The van der Waals surface area contributed by atoms with Gasteiger partial charge in [0.15, 0.2) is 0 Å². The number of likely N-dealkylation sites (tertiary alicyclic amines) is 1. The SMILES string of the molecule is CC1CCCC(C)N1C(=O)C1CC[C@H]2[C@@H]3CCC4NC(=O)CC[C@]4(C)[C@@H]3CC[C@]12C. The highest BCUT2D eigenvalue weighted by molar-refractivity contribution is 5.81. The van der Waals surface area contributed by atoms with Crippen LogP contribution in [-0.2, 0) is 9.59 Å². The second-order valence-electron chi connectivity index (χ2n) is 12.1. The predicted octanol–water partition coefficient (Wildman–Crippen LogP) is 4.91. The van der Waals surface area contributed by atoms with Crippen molar-refractivity contribution in [1.82, 2.24) is 10.2 Å². The lowest BCUT2D eigenvalue weighted by atomic mass is 9.47. The van der Waals surface area contributed by atoms with Gasteiger partial charge in [0.2, 0.25) is 11.8 Å². The van der Waals surface area contributed by atoms with Gasteiger partial charge in [0.05, 0.1) is 0 Å². The predicted molar refractivity (Wildman–Crippen MR) is 119 cm³/mol. The first-order valence-electron chi connectivity index (χ1n) is 12.9. The maximum absolute atomic E-state index is 13.8. The summed E-state index contributed by atoms with van der Waals surface area (Å²) in [6, 6.07) is 1.18. The van der Waals surface area contributed by atoms with Crippen molar-refractivity contribution in [2.75, 3.05) is 0 Å². The minimum atomic E-state index is 0.177. The van der Waals surface area contributed by atoms with E-state index in [2.05, 4.69) is 37.9 Å². The first-order valence-corrected chi connectivity index (χ1v) is 12.9. The van der Waals surface area contributed by atoms with Gasteiger partial charge >= 0.3 is 0 Å². The van der Waals surface area contributed by atoms with Crippen molar-refractivity contribution in [3.05, 3.63) is 0 Å². The maximum Gasteiger partial charge on any atom is 0.226 e. The van der Waals surface area contributed by atoms with E-state index in [1.165, 1.54) is 44.9 Å². The van der Waals surface area contributed by atoms with E-state index in [1.807, 2.05) is 0 Å². The molecule has 168 valence electrons. The van der Waals surface area contributed by atoms with Crippen molar-refractivity contribution < 1.29 is 9.59 Å². The topological polar surface area (TPSA) is 49.4 Å². The molecule has 3 saturated carbocycles. The van der Waals surface area contributed by atoms with Crippen LogP contribution in [-0.4, -0.2) is 34.8 Å². The Balaban J connectivity index is 1.38. The second-order valence-corrected chi connectivity index (χ2v) is 12.1. The Morgan fingerprint density at radius 3 is 2.33 bits per heavy atom. The summed E-state index contributed by atoms with van der Waals surface area (Å²) in [7, 11) is 0. The molecular formula is C26H42N2O2. The van der Waals surface area contributed by atoms with E-state index in [9.17, 15) is 9.59 Å². The van der Waals surface area contributed by atoms with Crippen LogP contribution < -0.4 is 5.32 Å². The fraction of sp³-hybridized carbons (Fsp3) is 0.923. The summed E-state index contributed by atoms with van der Waals surface area (Å²) in [5.74, 6) is 3.11. The number of carbonyl (C=O) groups is 2. The Labute approximate surface area is 182 Å². The molecule has 4 nitrogen and oxygen atoms in total. The first-order chi connectivity index (χ1) is 14.3. The van der Waals surface area contributed by atoms with Gasteiger partial charge in [-0.3, -0.25) is 9.59 Å². The summed E-state index contributed by atoms with van der Waals surface area (Å²) in [5.41, 5.74) is 0.437. The van der Waals surface area contributed by atoms with Gasteiger partial charge in [0.1, 0.15) is 0 Å². The quantitative estimate of drug-likeness (QED) is 0.662. The highest BCUT2D eigenvalue weighted by Crippen LogP contribution is 2.65. The number of hydrogen-bond acceptors (Lipinski definition) is 2. The zero-order valence-electron chi connectivity index (χ0n) is 19.6. The molecule has 5 rings (SSSR count). The molecule has 4 heteroatoms. The van der Waals surface area contributed by atoms with Gasteiger partial charge in [0.25, 0.3) is 0 Å². The molecule has 0 radical (unpaired) electrons. The van der Waals surface area contributed by atoms with Gasteiger partial charge in [0, 0.05) is 30.5 Å². The van der Waals surface area contributed by atoms with Gasteiger partial charge in [-0.1, -0.05) is 13.8 Å². The van der Waals surface area contributed by atoms with Crippen molar-refractivity contribution in [1.29, 1.82) is 0 Å². The monoisotopic (exact) mass is 414 g/mol. The molecule has 0 aromatic rings. The minimum Gasteiger partial charge on any atom is -0.353 e. The highest BCUT2D eigenvalue weighted by atomic mass is 16.2. The highest BCUT2D eigenvalue weighted by Gasteiger charge is 2.62. The molecule has 5 aliphatic rings. The summed E-state index contributed by atoms with van der Waals surface area (Å²) in [6.45, 7) is 9.46. The molecule has 0 spiro atoms. The van der Waals surface area contributed by atoms with E-state index in [4.69, 9.17) is 0 Å². The maximum atomic E-state index is 13.8. The Morgan fingerprint density at radius 1 is 0.900 bits per heavy atom. The first kappa shape index (κ1) is 20.8. The Bertz CT molecular complexity index is 712. The summed E-state index contributed by atoms with van der Waals surface area (Å²) in [5, 5.41) is 3.34. The summed E-state index contributed by atoms with van der Waals surface area (Å²) >= 11 is 0. The van der Waals surface area contributed by atoms with Gasteiger partial charge in [-0.05, 0) is 107 Å². The molecule has 3 aliphatic carbocycles. The summed E-state index contributed by atoms with van der Waals surface area (Å²) < 4.78 is 0. The average molecular weight is 415 g/mol. The third-order valence-electron chi connectivity index (χ3n) is 10.8. The largest absolute Gasteiger partial charge is 0.353 e. The number of hydrogen-bond donors (Lipinski definition) is 1. The molecule has 5 fully saturated rings. The third-order valence-corrected chi connectivity index (χ3v) is 10.8. The van der Waals surface area contributed by atoms with Gasteiger partial charge in [-0.25, -0.2) is 0 Å². The molecule has 0 bridgehead atoms. The molecule has 0 aromatic carbocycles. The lowest BCUT2D eigenvalue weighted by molar-refractivity contribution is -0.152. The van der Waals surface area contributed by atoms with Crippen LogP contribution in [0.15, 0.2) is 0 Å². The molecule has 2 heterocycles. The second kappa shape index (κ2) is 7.24. The number of rotatable bonds is 1. The summed E-state index contributed by atoms with van der Waals surface area (Å²) in [6.07, 6.45) is 12.5. The van der Waals surface area contributed by atoms with Crippen LogP contribution in [0.25, 0.3) is 0 Å². The van der Waals surface area contributed by atoms with E-state index in [1.54, 1.807) is 0 Å². The Kier molecular flexibility index (Phi) is 5.02. The van der Waals surface area contributed by atoms with Crippen LogP contribution in [0, 0.1) is 34.5 Å². The molecule has 2 amide bonds. The zero-order valence-corrected chi connectivity index (χ0v) is 19.6. The molecule has 4 unspecified atom stereocenters. The van der Waals surface area contributed by atoms with Crippen molar-refractivity contribution in [3.63, 3.8) is 0 Å². The third kappa shape index (κ3) is 2.91. The zero-order chi connectivity index (χ0) is 21.3. The molecule has 0 aromatic heterocycles. The van der Waals surface area contributed by atoms with E-state index < -0.39 is 0 Å². The molecule has 2 aliphatic heterocycles. The van der Waals surface area contributed by atoms with Crippen LogP contribution in [0.1, 0.15) is 98.3 Å². The molecule has 9 atom stereocenters. The number of piperidine rings is 2. The Hall–Kier alpha value is -1.06. The van der Waals surface area contributed by atoms with E-state index in [-0.39, 0.29) is 22.7 Å². The van der Waals surface area contributed by atoms with Crippen molar-refractivity contribution in [3.8, 4) is 0 Å². The fourth-order valence-corrected chi connectivity index (χ4v) is 9.14. The minimum absolute atomic E-state index is 0.177. The molecule has 1 N–H and O–H groups in total. The van der Waals surface area contributed by atoms with Gasteiger partial charge in [-0.15, -0.1) is 0 Å². The number of nitrogens with one attached hydrogen (secondary N) is 1. The molecule has 2 saturated heterocycles. The van der Waals surface area contributed by atoms with Crippen LogP contribution in [0.3, 0.4) is 0 Å².